The van der Waals surface area contributed by atoms with Crippen molar-refractivity contribution < 1.29 is 0 Å². The first-order valence-electron chi connectivity index (χ1n) is 4.63. The highest BCUT2D eigenvalue weighted by Gasteiger charge is 2.19. The van der Waals surface area contributed by atoms with Gasteiger partial charge >= 0.3 is 0 Å². The van der Waals surface area contributed by atoms with Gasteiger partial charge in [0.05, 0.1) is 0 Å². The van der Waals surface area contributed by atoms with E-state index in [1.54, 1.807) is 0 Å². The molecule has 1 rings (SSSR count). The summed E-state index contributed by atoms with van der Waals surface area (Å²) in [5.41, 5.74) is 0. The zero-order valence-corrected chi connectivity index (χ0v) is 7.93. The third kappa shape index (κ3) is 2.46. The average molecular weight is 156 g/mol. The van der Waals surface area contributed by atoms with Crippen LogP contribution in [0.4, 0.5) is 0 Å². The Hall–Kier alpha value is -0.0800. The summed E-state index contributed by atoms with van der Waals surface area (Å²) in [5.74, 6) is 0.751. The smallest absolute Gasteiger partial charge is 0.0214 e. The van der Waals surface area contributed by atoms with Gasteiger partial charge in [0.1, 0.15) is 0 Å². The van der Waals surface area contributed by atoms with Crippen molar-refractivity contribution in [3.05, 3.63) is 0 Å². The largest absolute Gasteiger partial charge is 0.315 e. The molecule has 1 fully saturated rings. The van der Waals surface area contributed by atoms with Gasteiger partial charge in [-0.3, -0.25) is 0 Å². The van der Waals surface area contributed by atoms with Crippen LogP contribution in [-0.2, 0) is 0 Å². The maximum Gasteiger partial charge on any atom is 0.0214 e. The lowest BCUT2D eigenvalue weighted by molar-refractivity contribution is 0.150. The Balaban J connectivity index is 2.19. The number of nitrogens with zero attached hydrogens (tertiary/aromatic N) is 1. The number of likely N-dealkylation sites (tertiary alicyclic amines) is 1. The van der Waals surface area contributed by atoms with Crippen molar-refractivity contribution in [2.75, 3.05) is 26.7 Å². The predicted octanol–water partition coefficient (Wildman–Crippen LogP) is 0.936. The van der Waals surface area contributed by atoms with E-state index in [0.29, 0.717) is 6.04 Å². The maximum absolute atomic E-state index is 3.36. The third-order valence-corrected chi connectivity index (χ3v) is 2.58. The average Bonchev–Trinajstić information content (AvgIpc) is 1.85. The van der Waals surface area contributed by atoms with Crippen molar-refractivity contribution in [1.29, 1.82) is 0 Å². The minimum Gasteiger partial charge on any atom is -0.315 e. The zero-order valence-electron chi connectivity index (χ0n) is 7.93. The molecule has 0 spiro atoms. The molecule has 2 nitrogen and oxygen atoms in total. The van der Waals surface area contributed by atoms with Crippen LogP contribution in [0.3, 0.4) is 0 Å². The third-order valence-electron chi connectivity index (χ3n) is 2.58. The molecule has 0 aromatic carbocycles. The second kappa shape index (κ2) is 4.07. The molecule has 1 heterocycles. The fraction of sp³-hybridized carbons (Fsp3) is 1.00. The van der Waals surface area contributed by atoms with Crippen LogP contribution >= 0.6 is 0 Å². The van der Waals surface area contributed by atoms with E-state index in [9.17, 15) is 0 Å². The summed E-state index contributed by atoms with van der Waals surface area (Å²) in [6.45, 7) is 8.41. The van der Waals surface area contributed by atoms with Gasteiger partial charge < -0.3 is 10.2 Å². The quantitative estimate of drug-likeness (QED) is 0.651. The summed E-state index contributed by atoms with van der Waals surface area (Å²) in [7, 11) is 2.06. The van der Waals surface area contributed by atoms with E-state index in [-0.39, 0.29) is 0 Å². The van der Waals surface area contributed by atoms with Gasteiger partial charge in [-0.1, -0.05) is 13.8 Å². The summed E-state index contributed by atoms with van der Waals surface area (Å²) in [4.78, 5) is 2.52. The van der Waals surface area contributed by atoms with Gasteiger partial charge in [-0.15, -0.1) is 0 Å². The normalized spacial score (nSPS) is 21.8. The van der Waals surface area contributed by atoms with Crippen LogP contribution in [0.25, 0.3) is 0 Å². The van der Waals surface area contributed by atoms with Crippen molar-refractivity contribution >= 4 is 0 Å². The molecule has 1 aliphatic rings. The molecule has 1 aliphatic heterocycles. The lowest BCUT2D eigenvalue weighted by Gasteiger charge is -2.35. The molecular weight excluding hydrogens is 136 g/mol. The van der Waals surface area contributed by atoms with E-state index in [2.05, 4.69) is 31.1 Å². The Morgan fingerprint density at radius 1 is 1.36 bits per heavy atom. The summed E-state index contributed by atoms with van der Waals surface area (Å²) in [5, 5.41) is 3.36. The minimum absolute atomic E-state index is 0.676. The topological polar surface area (TPSA) is 15.3 Å². The number of nitrogens with one attached hydrogen (secondary N) is 1. The Morgan fingerprint density at radius 3 is 2.27 bits per heavy atom. The van der Waals surface area contributed by atoms with Crippen LogP contribution in [0.5, 0.6) is 0 Å². The van der Waals surface area contributed by atoms with E-state index in [0.717, 1.165) is 5.92 Å². The van der Waals surface area contributed by atoms with Crippen molar-refractivity contribution in [2.24, 2.45) is 5.92 Å². The van der Waals surface area contributed by atoms with E-state index < -0.39 is 0 Å². The Bertz CT molecular complexity index is 108. The molecule has 0 radical (unpaired) electrons. The molecule has 0 aromatic heterocycles. The molecular formula is C9H20N2. The summed E-state index contributed by atoms with van der Waals surface area (Å²) in [6.07, 6.45) is 1.40. The van der Waals surface area contributed by atoms with Gasteiger partial charge in [-0.05, 0) is 32.5 Å². The molecule has 11 heavy (non-hydrogen) atoms. The summed E-state index contributed by atoms with van der Waals surface area (Å²) in [6, 6.07) is 0.676. The minimum atomic E-state index is 0.676. The van der Waals surface area contributed by atoms with Crippen molar-refractivity contribution in [3.8, 4) is 0 Å². The van der Waals surface area contributed by atoms with Crippen LogP contribution in [0.15, 0.2) is 0 Å². The molecule has 66 valence electrons. The first-order chi connectivity index (χ1) is 5.24. The monoisotopic (exact) mass is 156 g/mol. The van der Waals surface area contributed by atoms with Gasteiger partial charge in [0, 0.05) is 12.6 Å². The van der Waals surface area contributed by atoms with Crippen molar-refractivity contribution in [1.82, 2.24) is 10.2 Å². The molecule has 1 N–H and O–H groups in total. The lowest BCUT2D eigenvalue weighted by atomic mass is 10.0. The SMILES string of the molecule is CN[C@H](CN1CCC1)C(C)C. The van der Waals surface area contributed by atoms with Gasteiger partial charge in [0.2, 0.25) is 0 Å². The van der Waals surface area contributed by atoms with E-state index in [1.807, 2.05) is 0 Å². The Labute approximate surface area is 70.0 Å². The second-order valence-electron chi connectivity index (χ2n) is 3.79. The van der Waals surface area contributed by atoms with E-state index >= 15 is 0 Å². The van der Waals surface area contributed by atoms with Crippen LogP contribution < -0.4 is 5.32 Å². The van der Waals surface area contributed by atoms with Crippen molar-refractivity contribution in [2.45, 2.75) is 26.3 Å². The fourth-order valence-corrected chi connectivity index (χ4v) is 1.48. The van der Waals surface area contributed by atoms with Crippen LogP contribution in [0.2, 0.25) is 0 Å². The highest BCUT2D eigenvalue weighted by atomic mass is 15.2. The Kier molecular flexibility index (Phi) is 3.34. The molecule has 1 saturated heterocycles. The fourth-order valence-electron chi connectivity index (χ4n) is 1.48. The predicted molar refractivity (Wildman–Crippen MR) is 48.7 cm³/mol. The highest BCUT2D eigenvalue weighted by molar-refractivity contribution is 4.77. The molecule has 0 saturated carbocycles. The van der Waals surface area contributed by atoms with Crippen LogP contribution in [0.1, 0.15) is 20.3 Å². The molecule has 0 aromatic rings. The standard InChI is InChI=1S/C9H20N2/c1-8(2)9(10-3)7-11-5-4-6-11/h8-10H,4-7H2,1-3H3/t9-/m1/s1. The molecule has 1 atom stereocenters. The molecule has 0 amide bonds. The first kappa shape index (κ1) is 9.01. The van der Waals surface area contributed by atoms with E-state index in [4.69, 9.17) is 0 Å². The maximum atomic E-state index is 3.36. The second-order valence-corrected chi connectivity index (χ2v) is 3.79. The molecule has 0 unspecified atom stereocenters. The molecule has 0 bridgehead atoms. The molecule has 2 heteroatoms. The van der Waals surface area contributed by atoms with Crippen molar-refractivity contribution in [3.63, 3.8) is 0 Å². The van der Waals surface area contributed by atoms with Gasteiger partial charge in [-0.2, -0.15) is 0 Å². The van der Waals surface area contributed by atoms with E-state index in [1.165, 1.54) is 26.1 Å². The zero-order chi connectivity index (χ0) is 8.27. The van der Waals surface area contributed by atoms with Gasteiger partial charge in [0.15, 0.2) is 0 Å². The Morgan fingerprint density at radius 2 is 2.00 bits per heavy atom. The lowest BCUT2D eigenvalue weighted by Crippen LogP contribution is -2.47. The number of hydrogen-bond acceptors (Lipinski definition) is 2. The number of hydrogen-bond donors (Lipinski definition) is 1. The summed E-state index contributed by atoms with van der Waals surface area (Å²) >= 11 is 0. The van der Waals surface area contributed by atoms with Gasteiger partial charge in [0.25, 0.3) is 0 Å². The summed E-state index contributed by atoms with van der Waals surface area (Å²) < 4.78 is 0. The van der Waals surface area contributed by atoms with Crippen LogP contribution in [0, 0.1) is 5.92 Å². The first-order valence-corrected chi connectivity index (χ1v) is 4.63. The van der Waals surface area contributed by atoms with Gasteiger partial charge in [-0.25, -0.2) is 0 Å². The molecule has 0 aliphatic carbocycles. The number of rotatable bonds is 4. The van der Waals surface area contributed by atoms with Crippen LogP contribution in [-0.4, -0.2) is 37.6 Å². The number of likely N-dealkylation sites (N-methyl/N-ethyl adjacent to an activating group) is 1. The highest BCUT2D eigenvalue weighted by Crippen LogP contribution is 2.09.